The van der Waals surface area contributed by atoms with E-state index in [0.717, 1.165) is 10.0 Å². The first-order chi connectivity index (χ1) is 14.5. The summed E-state index contributed by atoms with van der Waals surface area (Å²) in [7, 11) is 1.63. The van der Waals surface area contributed by atoms with Crippen molar-refractivity contribution in [1.82, 2.24) is 14.9 Å². The topological polar surface area (TPSA) is 73.2 Å². The Labute approximate surface area is 188 Å². The molecule has 30 heavy (non-hydrogen) atoms. The molecule has 1 amide bonds. The Bertz CT molecular complexity index is 1070. The number of rotatable bonds is 9. The van der Waals surface area contributed by atoms with Gasteiger partial charge in [-0.15, -0.1) is 0 Å². The predicted octanol–water partition coefficient (Wildman–Crippen LogP) is 4.17. The van der Waals surface area contributed by atoms with Gasteiger partial charge in [-0.1, -0.05) is 52.0 Å². The molecule has 3 aromatic rings. The molecule has 0 bridgehead atoms. The van der Waals surface area contributed by atoms with Crippen molar-refractivity contribution in [3.8, 4) is 0 Å². The molecule has 1 atom stereocenters. The largest absolute Gasteiger partial charge is 0.385 e. The van der Waals surface area contributed by atoms with Crippen molar-refractivity contribution < 1.29 is 9.53 Å². The zero-order chi connectivity index (χ0) is 21.5. The second-order valence-corrected chi connectivity index (χ2v) is 8.70. The normalized spacial score (nSPS) is 12.1. The highest BCUT2D eigenvalue weighted by Crippen LogP contribution is 2.20. The summed E-state index contributed by atoms with van der Waals surface area (Å²) in [6.45, 7) is 2.99. The minimum Gasteiger partial charge on any atom is -0.385 e. The van der Waals surface area contributed by atoms with E-state index in [1.54, 1.807) is 17.7 Å². The van der Waals surface area contributed by atoms with Crippen LogP contribution in [0, 0.1) is 0 Å². The van der Waals surface area contributed by atoms with Crippen molar-refractivity contribution in [1.29, 1.82) is 0 Å². The molecule has 0 aliphatic rings. The Balaban J connectivity index is 1.73. The maximum atomic E-state index is 12.9. The quantitative estimate of drug-likeness (QED) is 0.277. The van der Waals surface area contributed by atoms with Crippen LogP contribution < -0.4 is 10.9 Å². The maximum Gasteiger partial charge on any atom is 0.262 e. The summed E-state index contributed by atoms with van der Waals surface area (Å²) in [5.74, 6) is 0.0666. The number of aromatic nitrogens is 2. The minimum absolute atomic E-state index is 0.0946. The van der Waals surface area contributed by atoms with Crippen LogP contribution in [0.4, 0.5) is 0 Å². The van der Waals surface area contributed by atoms with Crippen molar-refractivity contribution >= 4 is 44.5 Å². The molecule has 0 saturated carbocycles. The molecule has 0 aliphatic carbocycles. The van der Waals surface area contributed by atoms with Crippen LogP contribution in [-0.2, 0) is 16.1 Å². The number of ether oxygens (including phenoxy) is 1. The third-order valence-electron chi connectivity index (χ3n) is 4.64. The first-order valence-electron chi connectivity index (χ1n) is 9.65. The fraction of sp³-hybridized carbons (Fsp3) is 0.318. The van der Waals surface area contributed by atoms with Crippen LogP contribution in [0.25, 0.3) is 10.9 Å². The molecule has 1 unspecified atom stereocenters. The molecular weight excluding hydrogens is 466 g/mol. The summed E-state index contributed by atoms with van der Waals surface area (Å²) in [5.41, 5.74) is 1.57. The summed E-state index contributed by atoms with van der Waals surface area (Å²) in [6.07, 6.45) is 0.691. The van der Waals surface area contributed by atoms with Gasteiger partial charge in [0.25, 0.3) is 5.56 Å². The number of amides is 1. The summed E-state index contributed by atoms with van der Waals surface area (Å²) in [6, 6.07) is 15.0. The van der Waals surface area contributed by atoms with Gasteiger partial charge in [0, 0.05) is 24.7 Å². The molecular formula is C22H24BrN3O3S. The van der Waals surface area contributed by atoms with E-state index < -0.39 is 0 Å². The lowest BCUT2D eigenvalue weighted by atomic mass is 10.1. The third kappa shape index (κ3) is 5.71. The van der Waals surface area contributed by atoms with Gasteiger partial charge in [0.2, 0.25) is 5.91 Å². The Hall–Kier alpha value is -2.16. The minimum atomic E-state index is -0.111. The van der Waals surface area contributed by atoms with Crippen molar-refractivity contribution in [3.63, 3.8) is 0 Å². The molecule has 2 aromatic carbocycles. The number of benzene rings is 2. The van der Waals surface area contributed by atoms with E-state index in [9.17, 15) is 9.59 Å². The zero-order valence-electron chi connectivity index (χ0n) is 16.9. The lowest BCUT2D eigenvalue weighted by Crippen LogP contribution is -2.29. The standard InChI is InChI=1S/C22H24BrN3O3S/c1-15(16-8-10-17(23)11-9-16)24-20(27)14-30-22-25-19-7-4-3-6-18(19)21(28)26(22)12-5-13-29-2/h3-4,6-11,15H,5,12-14H2,1-2H3,(H,24,27). The van der Waals surface area contributed by atoms with Crippen molar-refractivity contribution in [3.05, 3.63) is 68.9 Å². The number of fused-ring (bicyclic) bond motifs is 1. The van der Waals surface area contributed by atoms with Gasteiger partial charge in [0.05, 0.1) is 22.7 Å². The lowest BCUT2D eigenvalue weighted by Gasteiger charge is -2.15. The number of para-hydroxylation sites is 1. The van der Waals surface area contributed by atoms with Crippen LogP contribution in [0.1, 0.15) is 24.9 Å². The number of thioether (sulfide) groups is 1. The summed E-state index contributed by atoms with van der Waals surface area (Å²) in [4.78, 5) is 30.1. The Morgan fingerprint density at radius 2 is 1.97 bits per heavy atom. The molecule has 158 valence electrons. The van der Waals surface area contributed by atoms with Crippen LogP contribution in [0.2, 0.25) is 0 Å². The SMILES string of the molecule is COCCCn1c(SCC(=O)NC(C)c2ccc(Br)cc2)nc2ccccc2c1=O. The van der Waals surface area contributed by atoms with Crippen LogP contribution in [0.5, 0.6) is 0 Å². The molecule has 6 nitrogen and oxygen atoms in total. The molecule has 0 aliphatic heterocycles. The molecule has 3 rings (SSSR count). The second kappa shape index (κ2) is 10.7. The molecule has 0 fully saturated rings. The zero-order valence-corrected chi connectivity index (χ0v) is 19.3. The van der Waals surface area contributed by atoms with Gasteiger partial charge in [0.15, 0.2) is 5.16 Å². The fourth-order valence-corrected chi connectivity index (χ4v) is 4.17. The number of hydrogen-bond acceptors (Lipinski definition) is 5. The predicted molar refractivity (Wildman–Crippen MR) is 124 cm³/mol. The molecule has 0 spiro atoms. The van der Waals surface area contributed by atoms with E-state index in [1.165, 1.54) is 11.8 Å². The van der Waals surface area contributed by atoms with E-state index in [1.807, 2.05) is 49.4 Å². The smallest absolute Gasteiger partial charge is 0.262 e. The third-order valence-corrected chi connectivity index (χ3v) is 6.14. The van der Waals surface area contributed by atoms with E-state index in [0.29, 0.717) is 35.6 Å². The van der Waals surface area contributed by atoms with Crippen molar-refractivity contribution in [2.45, 2.75) is 31.1 Å². The fourth-order valence-electron chi connectivity index (χ4n) is 3.07. The van der Waals surface area contributed by atoms with Crippen LogP contribution in [-0.4, -0.2) is 34.9 Å². The first-order valence-corrected chi connectivity index (χ1v) is 11.4. The molecule has 0 saturated heterocycles. The summed E-state index contributed by atoms with van der Waals surface area (Å²) in [5, 5.41) is 4.12. The van der Waals surface area contributed by atoms with Gasteiger partial charge in [-0.25, -0.2) is 4.98 Å². The van der Waals surface area contributed by atoms with Gasteiger partial charge in [-0.2, -0.15) is 0 Å². The van der Waals surface area contributed by atoms with Crippen LogP contribution in [0.15, 0.2) is 63.0 Å². The lowest BCUT2D eigenvalue weighted by molar-refractivity contribution is -0.119. The highest BCUT2D eigenvalue weighted by atomic mass is 79.9. The van der Waals surface area contributed by atoms with E-state index in [2.05, 4.69) is 26.2 Å². The molecule has 0 radical (unpaired) electrons. The highest BCUT2D eigenvalue weighted by molar-refractivity contribution is 9.10. The average molecular weight is 490 g/mol. The number of nitrogens with one attached hydrogen (secondary N) is 1. The molecule has 1 heterocycles. The van der Waals surface area contributed by atoms with Gasteiger partial charge in [-0.05, 0) is 43.2 Å². The number of nitrogens with zero attached hydrogens (tertiary/aromatic N) is 2. The van der Waals surface area contributed by atoms with Crippen LogP contribution in [0.3, 0.4) is 0 Å². The van der Waals surface area contributed by atoms with Crippen LogP contribution >= 0.6 is 27.7 Å². The Morgan fingerprint density at radius 3 is 2.70 bits per heavy atom. The number of methoxy groups -OCH3 is 1. The Morgan fingerprint density at radius 1 is 1.23 bits per heavy atom. The van der Waals surface area contributed by atoms with Crippen molar-refractivity contribution in [2.24, 2.45) is 0 Å². The number of halogens is 1. The molecule has 1 N–H and O–H groups in total. The summed E-state index contributed by atoms with van der Waals surface area (Å²) >= 11 is 4.69. The number of carbonyl (C=O) groups excluding carboxylic acids is 1. The van der Waals surface area contributed by atoms with Gasteiger partial charge < -0.3 is 10.1 Å². The molecule has 8 heteroatoms. The number of carbonyl (C=O) groups is 1. The maximum absolute atomic E-state index is 12.9. The highest BCUT2D eigenvalue weighted by Gasteiger charge is 2.15. The van der Waals surface area contributed by atoms with E-state index in [4.69, 9.17) is 4.74 Å². The monoisotopic (exact) mass is 489 g/mol. The van der Waals surface area contributed by atoms with E-state index in [-0.39, 0.29) is 23.3 Å². The van der Waals surface area contributed by atoms with Gasteiger partial charge in [0.1, 0.15) is 0 Å². The average Bonchev–Trinajstić information content (AvgIpc) is 2.74. The van der Waals surface area contributed by atoms with Gasteiger partial charge >= 0.3 is 0 Å². The second-order valence-electron chi connectivity index (χ2n) is 6.84. The van der Waals surface area contributed by atoms with Gasteiger partial charge in [-0.3, -0.25) is 14.2 Å². The van der Waals surface area contributed by atoms with E-state index >= 15 is 0 Å². The first kappa shape index (κ1) is 22.5. The molecule has 1 aromatic heterocycles. The number of hydrogen-bond donors (Lipinski definition) is 1. The summed E-state index contributed by atoms with van der Waals surface area (Å²) < 4.78 is 7.74. The Kier molecular flexibility index (Phi) is 8.07. The van der Waals surface area contributed by atoms with Crippen molar-refractivity contribution in [2.75, 3.05) is 19.5 Å².